The van der Waals surface area contributed by atoms with Crippen LogP contribution in [0, 0.1) is 5.92 Å². The van der Waals surface area contributed by atoms with E-state index >= 15 is 0 Å². The molecule has 5 heteroatoms. The standard InChI is InChI=1S/C17H23N3O2/c1-18-7-9-19(10-8-18)13-20-16(21)12-15(17(20)22)11-14-5-3-2-4-6-14/h2-6,15H,7-13H2,1H3. The molecule has 22 heavy (non-hydrogen) atoms. The number of likely N-dealkylation sites (N-methyl/N-ethyl adjacent to an activating group) is 1. The summed E-state index contributed by atoms with van der Waals surface area (Å²) < 4.78 is 0. The number of amides is 2. The van der Waals surface area contributed by atoms with E-state index in [1.54, 1.807) is 0 Å². The summed E-state index contributed by atoms with van der Waals surface area (Å²) in [6.07, 6.45) is 1.01. The normalized spacial score (nSPS) is 24.2. The topological polar surface area (TPSA) is 43.9 Å². The van der Waals surface area contributed by atoms with E-state index in [1.165, 1.54) is 4.90 Å². The molecule has 1 atom stereocenters. The Morgan fingerprint density at radius 2 is 1.73 bits per heavy atom. The van der Waals surface area contributed by atoms with Crippen LogP contribution in [-0.4, -0.2) is 66.4 Å². The molecule has 2 aliphatic rings. The van der Waals surface area contributed by atoms with Gasteiger partial charge < -0.3 is 4.90 Å². The van der Waals surface area contributed by atoms with Crippen LogP contribution < -0.4 is 0 Å². The summed E-state index contributed by atoms with van der Waals surface area (Å²) in [6.45, 7) is 4.26. The Morgan fingerprint density at radius 3 is 2.41 bits per heavy atom. The van der Waals surface area contributed by atoms with Gasteiger partial charge in [-0.25, -0.2) is 0 Å². The molecule has 0 saturated carbocycles. The van der Waals surface area contributed by atoms with Crippen molar-refractivity contribution in [3.8, 4) is 0 Å². The molecule has 2 heterocycles. The van der Waals surface area contributed by atoms with E-state index in [-0.39, 0.29) is 17.7 Å². The summed E-state index contributed by atoms with van der Waals surface area (Å²) in [7, 11) is 2.10. The van der Waals surface area contributed by atoms with Crippen molar-refractivity contribution in [1.82, 2.24) is 14.7 Å². The van der Waals surface area contributed by atoms with Gasteiger partial charge in [0.2, 0.25) is 11.8 Å². The van der Waals surface area contributed by atoms with Crippen molar-refractivity contribution in [2.45, 2.75) is 12.8 Å². The molecular formula is C17H23N3O2. The summed E-state index contributed by atoms with van der Waals surface area (Å²) in [6, 6.07) is 9.93. The predicted octanol–water partition coefficient (Wildman–Crippen LogP) is 0.809. The zero-order chi connectivity index (χ0) is 15.5. The Balaban J connectivity index is 1.59. The number of nitrogens with zero attached hydrogens (tertiary/aromatic N) is 3. The first-order valence-corrected chi connectivity index (χ1v) is 7.92. The van der Waals surface area contributed by atoms with Crippen molar-refractivity contribution in [2.75, 3.05) is 39.9 Å². The van der Waals surface area contributed by atoms with Crippen LogP contribution in [-0.2, 0) is 16.0 Å². The molecule has 0 spiro atoms. The lowest BCUT2D eigenvalue weighted by Gasteiger charge is -2.34. The SMILES string of the molecule is CN1CCN(CN2C(=O)CC(Cc3ccccc3)C2=O)CC1. The Labute approximate surface area is 131 Å². The highest BCUT2D eigenvalue weighted by Gasteiger charge is 2.39. The number of hydrogen-bond donors (Lipinski definition) is 0. The van der Waals surface area contributed by atoms with Gasteiger partial charge in [0.25, 0.3) is 0 Å². The number of imide groups is 1. The third-order valence-corrected chi connectivity index (χ3v) is 4.60. The number of rotatable bonds is 4. The number of carbonyl (C=O) groups is 2. The minimum atomic E-state index is -0.192. The van der Waals surface area contributed by atoms with Crippen molar-refractivity contribution in [3.05, 3.63) is 35.9 Å². The van der Waals surface area contributed by atoms with Crippen LogP contribution in [0.1, 0.15) is 12.0 Å². The molecule has 2 amide bonds. The maximum atomic E-state index is 12.5. The van der Waals surface area contributed by atoms with E-state index in [0.717, 1.165) is 31.7 Å². The lowest BCUT2D eigenvalue weighted by atomic mass is 9.98. The molecule has 2 fully saturated rings. The van der Waals surface area contributed by atoms with E-state index in [2.05, 4.69) is 16.8 Å². The van der Waals surface area contributed by atoms with Gasteiger partial charge in [0.15, 0.2) is 0 Å². The number of piperazine rings is 1. The number of carbonyl (C=O) groups excluding carboxylic acids is 2. The molecule has 1 unspecified atom stereocenters. The number of benzene rings is 1. The number of hydrogen-bond acceptors (Lipinski definition) is 4. The summed E-state index contributed by atoms with van der Waals surface area (Å²) in [5.41, 5.74) is 1.12. The molecule has 2 saturated heterocycles. The van der Waals surface area contributed by atoms with Crippen LogP contribution in [0.2, 0.25) is 0 Å². The fraction of sp³-hybridized carbons (Fsp3) is 0.529. The zero-order valence-corrected chi connectivity index (χ0v) is 13.1. The molecule has 0 radical (unpaired) electrons. The Morgan fingerprint density at radius 1 is 1.05 bits per heavy atom. The molecule has 3 rings (SSSR count). The summed E-state index contributed by atoms with van der Waals surface area (Å²) in [5.74, 6) is -0.222. The quantitative estimate of drug-likeness (QED) is 0.772. The molecule has 5 nitrogen and oxygen atoms in total. The first-order chi connectivity index (χ1) is 10.6. The molecule has 0 bridgehead atoms. The van der Waals surface area contributed by atoms with Crippen LogP contribution in [0.4, 0.5) is 0 Å². The van der Waals surface area contributed by atoms with Gasteiger partial charge in [0.05, 0.1) is 12.6 Å². The molecule has 2 aliphatic heterocycles. The van der Waals surface area contributed by atoms with Crippen LogP contribution in [0.5, 0.6) is 0 Å². The van der Waals surface area contributed by atoms with Gasteiger partial charge in [0, 0.05) is 32.6 Å². The Bertz CT molecular complexity index is 538. The lowest BCUT2D eigenvalue weighted by molar-refractivity contribution is -0.142. The van der Waals surface area contributed by atoms with Gasteiger partial charge >= 0.3 is 0 Å². The smallest absolute Gasteiger partial charge is 0.234 e. The maximum absolute atomic E-state index is 12.5. The number of likely N-dealkylation sites (tertiary alicyclic amines) is 1. The highest BCUT2D eigenvalue weighted by atomic mass is 16.2. The van der Waals surface area contributed by atoms with Gasteiger partial charge in [0.1, 0.15) is 0 Å². The van der Waals surface area contributed by atoms with Gasteiger partial charge in [-0.2, -0.15) is 0 Å². The van der Waals surface area contributed by atoms with Crippen LogP contribution in [0.15, 0.2) is 30.3 Å². The van der Waals surface area contributed by atoms with E-state index in [9.17, 15) is 9.59 Å². The first kappa shape index (κ1) is 15.2. The minimum absolute atomic E-state index is 0.00668. The van der Waals surface area contributed by atoms with Gasteiger partial charge in [-0.1, -0.05) is 30.3 Å². The van der Waals surface area contributed by atoms with Crippen LogP contribution in [0.3, 0.4) is 0 Å². The van der Waals surface area contributed by atoms with Crippen molar-refractivity contribution < 1.29 is 9.59 Å². The zero-order valence-electron chi connectivity index (χ0n) is 13.1. The van der Waals surface area contributed by atoms with E-state index in [4.69, 9.17) is 0 Å². The van der Waals surface area contributed by atoms with Crippen LogP contribution in [0.25, 0.3) is 0 Å². The Kier molecular flexibility index (Phi) is 4.55. The molecule has 1 aromatic carbocycles. The molecule has 1 aromatic rings. The van der Waals surface area contributed by atoms with Crippen LogP contribution >= 0.6 is 0 Å². The van der Waals surface area contributed by atoms with E-state index < -0.39 is 0 Å². The maximum Gasteiger partial charge on any atom is 0.234 e. The van der Waals surface area contributed by atoms with Gasteiger partial charge in [-0.3, -0.25) is 19.4 Å². The second-order valence-electron chi connectivity index (χ2n) is 6.31. The van der Waals surface area contributed by atoms with Crippen molar-refractivity contribution in [1.29, 1.82) is 0 Å². The summed E-state index contributed by atoms with van der Waals surface area (Å²) >= 11 is 0. The van der Waals surface area contributed by atoms with Gasteiger partial charge in [-0.05, 0) is 19.0 Å². The summed E-state index contributed by atoms with van der Waals surface area (Å²) in [5, 5.41) is 0. The minimum Gasteiger partial charge on any atom is -0.304 e. The average molecular weight is 301 g/mol. The average Bonchev–Trinajstić information content (AvgIpc) is 2.78. The van der Waals surface area contributed by atoms with E-state index in [0.29, 0.717) is 19.5 Å². The van der Waals surface area contributed by atoms with Gasteiger partial charge in [-0.15, -0.1) is 0 Å². The van der Waals surface area contributed by atoms with E-state index in [1.807, 2.05) is 30.3 Å². The first-order valence-electron chi connectivity index (χ1n) is 7.92. The largest absolute Gasteiger partial charge is 0.304 e. The molecule has 0 aromatic heterocycles. The molecular weight excluding hydrogens is 278 g/mol. The van der Waals surface area contributed by atoms with Crippen molar-refractivity contribution >= 4 is 11.8 Å². The highest BCUT2D eigenvalue weighted by Crippen LogP contribution is 2.24. The second-order valence-corrected chi connectivity index (χ2v) is 6.31. The second kappa shape index (κ2) is 6.58. The third-order valence-electron chi connectivity index (χ3n) is 4.60. The molecule has 0 aliphatic carbocycles. The fourth-order valence-electron chi connectivity index (χ4n) is 3.15. The monoisotopic (exact) mass is 301 g/mol. The fourth-order valence-corrected chi connectivity index (χ4v) is 3.15. The third kappa shape index (κ3) is 3.36. The lowest BCUT2D eigenvalue weighted by Crippen LogP contribution is -2.50. The molecule has 118 valence electrons. The molecule has 0 N–H and O–H groups in total. The highest BCUT2D eigenvalue weighted by molar-refractivity contribution is 6.03. The predicted molar refractivity (Wildman–Crippen MR) is 84.0 cm³/mol. The Hall–Kier alpha value is -1.72. The summed E-state index contributed by atoms with van der Waals surface area (Å²) in [4.78, 5) is 30.6. The van der Waals surface area contributed by atoms with Crippen molar-refractivity contribution in [3.63, 3.8) is 0 Å². The van der Waals surface area contributed by atoms with Crippen molar-refractivity contribution in [2.24, 2.45) is 5.92 Å².